The normalized spacial score (nSPS) is 12.7. The summed E-state index contributed by atoms with van der Waals surface area (Å²) < 4.78 is 40.6. The van der Waals surface area contributed by atoms with Crippen LogP contribution in [0, 0.1) is 0 Å². The largest absolute Gasteiger partial charge is 0.573 e. The number of nitrogens with zero attached hydrogens (tertiary/aromatic N) is 1. The summed E-state index contributed by atoms with van der Waals surface area (Å²) in [6.45, 7) is 0. The number of carbonyl (C=O) groups excluding carboxylic acids is 1. The molecule has 2 aromatic carbocycles. The molecule has 0 saturated heterocycles. The summed E-state index contributed by atoms with van der Waals surface area (Å²) in [6, 6.07) is 13.7. The van der Waals surface area contributed by atoms with Crippen molar-refractivity contribution in [3.63, 3.8) is 0 Å². The second-order valence-electron chi connectivity index (χ2n) is 6.90. The van der Waals surface area contributed by atoms with E-state index in [1.165, 1.54) is 12.1 Å². The minimum absolute atomic E-state index is 0.324. The van der Waals surface area contributed by atoms with Crippen LogP contribution in [0.4, 0.5) is 29.3 Å². The van der Waals surface area contributed by atoms with Gasteiger partial charge in [-0.05, 0) is 54.8 Å². The van der Waals surface area contributed by atoms with Crippen molar-refractivity contribution >= 4 is 23.5 Å². The first-order valence-corrected chi connectivity index (χ1v) is 9.56. The van der Waals surface area contributed by atoms with Crippen LogP contribution in [-0.4, -0.2) is 17.4 Å². The highest BCUT2D eigenvalue weighted by atomic mass is 19.4. The monoisotopic (exact) mass is 425 g/mol. The molecule has 31 heavy (non-hydrogen) atoms. The number of amides is 2. The predicted molar refractivity (Wildman–Crippen MR) is 113 cm³/mol. The second kappa shape index (κ2) is 8.51. The number of anilines is 2. The zero-order valence-corrected chi connectivity index (χ0v) is 16.2. The zero-order chi connectivity index (χ0) is 21.8. The summed E-state index contributed by atoms with van der Waals surface area (Å²) in [7, 11) is 0. The van der Waals surface area contributed by atoms with E-state index in [2.05, 4.69) is 26.4 Å². The number of allylic oxidation sites excluding steroid dienone is 1. The highest BCUT2D eigenvalue weighted by Gasteiger charge is 2.31. The Balaban J connectivity index is 1.48. The molecule has 1 aliphatic carbocycles. The molecule has 8 heteroatoms. The number of nitrogens with one attached hydrogen (secondary N) is 2. The number of carbonyl (C=O) groups is 1. The van der Waals surface area contributed by atoms with Gasteiger partial charge in [-0.25, -0.2) is 4.79 Å². The smallest absolute Gasteiger partial charge is 0.406 e. The molecule has 1 aliphatic rings. The molecule has 0 unspecified atom stereocenters. The van der Waals surface area contributed by atoms with Crippen LogP contribution in [0.15, 0.2) is 66.9 Å². The summed E-state index contributed by atoms with van der Waals surface area (Å²) in [5.41, 5.74) is 4.69. The molecular weight excluding hydrogens is 407 g/mol. The fourth-order valence-corrected chi connectivity index (χ4v) is 3.31. The number of ether oxygens (including phenoxy) is 1. The maximum absolute atomic E-state index is 12.5. The topological polar surface area (TPSA) is 63.2 Å². The third-order valence-corrected chi connectivity index (χ3v) is 4.68. The zero-order valence-electron chi connectivity index (χ0n) is 16.2. The Kier molecular flexibility index (Phi) is 5.62. The third kappa shape index (κ3) is 5.22. The van der Waals surface area contributed by atoms with Gasteiger partial charge in [0.15, 0.2) is 0 Å². The molecule has 0 aliphatic heterocycles. The van der Waals surface area contributed by atoms with E-state index in [0.717, 1.165) is 47.4 Å². The fourth-order valence-electron chi connectivity index (χ4n) is 3.31. The number of para-hydroxylation sites is 1. The van der Waals surface area contributed by atoms with E-state index in [1.807, 2.05) is 24.3 Å². The molecule has 2 N–H and O–H groups in total. The lowest BCUT2D eigenvalue weighted by molar-refractivity contribution is -0.274. The summed E-state index contributed by atoms with van der Waals surface area (Å²) >= 11 is 0. The molecule has 0 atom stereocenters. The molecule has 1 aromatic heterocycles. The Morgan fingerprint density at radius 1 is 1.03 bits per heavy atom. The minimum atomic E-state index is -4.77. The lowest BCUT2D eigenvalue weighted by atomic mass is 9.98. The first-order valence-electron chi connectivity index (χ1n) is 9.56. The maximum Gasteiger partial charge on any atom is 0.573 e. The predicted octanol–water partition coefficient (Wildman–Crippen LogP) is 6.25. The highest BCUT2D eigenvalue weighted by Crippen LogP contribution is 2.30. The molecule has 2 amide bonds. The van der Waals surface area contributed by atoms with Crippen LogP contribution in [-0.2, 0) is 6.42 Å². The summed E-state index contributed by atoms with van der Waals surface area (Å²) in [4.78, 5) is 17.0. The average molecular weight is 425 g/mol. The van der Waals surface area contributed by atoms with E-state index in [9.17, 15) is 18.0 Å². The van der Waals surface area contributed by atoms with E-state index in [4.69, 9.17) is 0 Å². The molecule has 3 aromatic rings. The van der Waals surface area contributed by atoms with Crippen molar-refractivity contribution < 1.29 is 22.7 Å². The Morgan fingerprint density at radius 3 is 2.58 bits per heavy atom. The third-order valence-electron chi connectivity index (χ3n) is 4.68. The molecule has 4 rings (SSSR count). The Labute approximate surface area is 176 Å². The summed E-state index contributed by atoms with van der Waals surface area (Å²) in [5.74, 6) is -0.363. The molecule has 1 heterocycles. The van der Waals surface area contributed by atoms with Gasteiger partial charge >= 0.3 is 12.4 Å². The van der Waals surface area contributed by atoms with E-state index in [-0.39, 0.29) is 5.75 Å². The Morgan fingerprint density at radius 2 is 1.81 bits per heavy atom. The van der Waals surface area contributed by atoms with E-state index in [1.54, 1.807) is 18.3 Å². The van der Waals surface area contributed by atoms with Crippen molar-refractivity contribution in [1.82, 2.24) is 4.98 Å². The van der Waals surface area contributed by atoms with E-state index in [0.29, 0.717) is 11.4 Å². The van der Waals surface area contributed by atoms with Crippen LogP contribution in [0.1, 0.15) is 17.7 Å². The molecule has 0 radical (unpaired) electrons. The fraction of sp³-hybridized carbons (Fsp3) is 0.130. The Hall–Kier alpha value is -3.81. The van der Waals surface area contributed by atoms with Gasteiger partial charge in [0.2, 0.25) is 0 Å². The van der Waals surface area contributed by atoms with Gasteiger partial charge in [0.25, 0.3) is 0 Å². The Bertz CT molecular complexity index is 1130. The van der Waals surface area contributed by atoms with Crippen LogP contribution in [0.5, 0.6) is 5.75 Å². The SMILES string of the molecule is O=C(Nc1ccc(OC(F)(F)F)cc1)Nc1ccccc1-c1cnc2c(c1)C=CCC2. The summed E-state index contributed by atoms with van der Waals surface area (Å²) in [5, 5.41) is 5.38. The van der Waals surface area contributed by atoms with Crippen LogP contribution in [0.25, 0.3) is 17.2 Å². The number of benzene rings is 2. The van der Waals surface area contributed by atoms with Crippen molar-refractivity contribution in [1.29, 1.82) is 0 Å². The van der Waals surface area contributed by atoms with Crippen LogP contribution in [0.3, 0.4) is 0 Å². The average Bonchev–Trinajstić information content (AvgIpc) is 2.74. The van der Waals surface area contributed by atoms with Gasteiger partial charge in [0.05, 0.1) is 5.69 Å². The van der Waals surface area contributed by atoms with E-state index >= 15 is 0 Å². The number of aryl methyl sites for hydroxylation is 1. The molecule has 5 nitrogen and oxygen atoms in total. The van der Waals surface area contributed by atoms with Gasteiger partial charge in [-0.3, -0.25) is 4.98 Å². The number of halogens is 3. The first-order chi connectivity index (χ1) is 14.9. The van der Waals surface area contributed by atoms with Gasteiger partial charge in [0.1, 0.15) is 5.75 Å². The molecular formula is C23H18F3N3O2. The van der Waals surface area contributed by atoms with Crippen molar-refractivity contribution in [2.24, 2.45) is 0 Å². The van der Waals surface area contributed by atoms with E-state index < -0.39 is 12.4 Å². The van der Waals surface area contributed by atoms with Gasteiger partial charge in [-0.15, -0.1) is 13.2 Å². The van der Waals surface area contributed by atoms with Crippen LogP contribution in [0.2, 0.25) is 0 Å². The number of fused-ring (bicyclic) bond motifs is 1. The number of aromatic nitrogens is 1. The molecule has 0 fully saturated rings. The summed E-state index contributed by atoms with van der Waals surface area (Å²) in [6.07, 6.45) is 3.05. The lowest BCUT2D eigenvalue weighted by Gasteiger charge is -2.15. The molecule has 0 saturated carbocycles. The molecule has 158 valence electrons. The van der Waals surface area contributed by atoms with Gasteiger partial charge < -0.3 is 15.4 Å². The van der Waals surface area contributed by atoms with Gasteiger partial charge in [-0.1, -0.05) is 30.4 Å². The number of hydrogen-bond donors (Lipinski definition) is 2. The van der Waals surface area contributed by atoms with Crippen LogP contribution < -0.4 is 15.4 Å². The number of alkyl halides is 3. The standard InChI is InChI=1S/C23H18F3N3O2/c24-23(25,26)31-18-11-9-17(10-12-18)28-22(30)29-21-8-4-2-6-19(21)16-13-15-5-1-3-7-20(15)27-14-16/h1-2,4-6,8-14H,3,7H2,(H2,28,29,30). The van der Waals surface area contributed by atoms with Crippen molar-refractivity contribution in [2.75, 3.05) is 10.6 Å². The number of rotatable bonds is 4. The maximum atomic E-state index is 12.5. The van der Waals surface area contributed by atoms with Crippen molar-refractivity contribution in [3.05, 3.63) is 78.1 Å². The minimum Gasteiger partial charge on any atom is -0.406 e. The van der Waals surface area contributed by atoms with Crippen molar-refractivity contribution in [2.45, 2.75) is 19.2 Å². The molecule has 0 bridgehead atoms. The molecule has 0 spiro atoms. The first kappa shape index (κ1) is 20.5. The van der Waals surface area contributed by atoms with Gasteiger partial charge in [-0.2, -0.15) is 0 Å². The van der Waals surface area contributed by atoms with Gasteiger partial charge in [0, 0.05) is 28.7 Å². The quantitative estimate of drug-likeness (QED) is 0.519. The van der Waals surface area contributed by atoms with Crippen LogP contribution >= 0.6 is 0 Å². The lowest BCUT2D eigenvalue weighted by Crippen LogP contribution is -2.20. The number of hydrogen-bond acceptors (Lipinski definition) is 3. The second-order valence-corrected chi connectivity index (χ2v) is 6.90. The highest BCUT2D eigenvalue weighted by molar-refractivity contribution is 6.02. The van der Waals surface area contributed by atoms with Crippen molar-refractivity contribution in [3.8, 4) is 16.9 Å². The number of urea groups is 1. The number of pyridine rings is 1.